The summed E-state index contributed by atoms with van der Waals surface area (Å²) in [5, 5.41) is 11.7. The summed E-state index contributed by atoms with van der Waals surface area (Å²) in [7, 11) is 0. The highest BCUT2D eigenvalue weighted by molar-refractivity contribution is 6.30. The van der Waals surface area contributed by atoms with Crippen molar-refractivity contribution in [1.82, 2.24) is 9.88 Å². The third-order valence-corrected chi connectivity index (χ3v) is 4.40. The third kappa shape index (κ3) is 2.95. The number of fused-ring (bicyclic) bond motifs is 1. The van der Waals surface area contributed by atoms with Gasteiger partial charge < -0.3 is 5.11 Å². The summed E-state index contributed by atoms with van der Waals surface area (Å²) in [5.74, 6) is 0. The lowest BCUT2D eigenvalue weighted by Gasteiger charge is -2.35. The van der Waals surface area contributed by atoms with Crippen LogP contribution in [0.25, 0.3) is 10.9 Å². The number of hydrogen-bond donors (Lipinski definition) is 1. The van der Waals surface area contributed by atoms with Crippen molar-refractivity contribution in [2.75, 3.05) is 13.1 Å². The van der Waals surface area contributed by atoms with Gasteiger partial charge in [0.2, 0.25) is 0 Å². The molecule has 0 spiro atoms. The van der Waals surface area contributed by atoms with Crippen LogP contribution in [0.3, 0.4) is 0 Å². The average Bonchev–Trinajstić information content (AvgIpc) is 2.42. The topological polar surface area (TPSA) is 36.4 Å². The van der Waals surface area contributed by atoms with Gasteiger partial charge in [-0.2, -0.15) is 0 Å². The molecule has 20 heavy (non-hydrogen) atoms. The summed E-state index contributed by atoms with van der Waals surface area (Å²) < 4.78 is 0. The number of aromatic nitrogens is 1. The van der Waals surface area contributed by atoms with Crippen LogP contribution in [0.2, 0.25) is 5.15 Å². The molecule has 1 aliphatic rings. The molecular weight excluding hydrogens is 272 g/mol. The van der Waals surface area contributed by atoms with E-state index in [4.69, 9.17) is 11.6 Å². The van der Waals surface area contributed by atoms with E-state index in [2.05, 4.69) is 22.0 Å². The molecule has 0 amide bonds. The fraction of sp³-hybridized carbons (Fsp3) is 0.438. The predicted octanol–water partition coefficient (Wildman–Crippen LogP) is 3.24. The molecule has 106 valence electrons. The lowest BCUT2D eigenvalue weighted by Crippen LogP contribution is -2.42. The zero-order valence-corrected chi connectivity index (χ0v) is 12.4. The Balaban J connectivity index is 1.79. The Morgan fingerprint density at radius 3 is 2.75 bits per heavy atom. The van der Waals surface area contributed by atoms with Crippen LogP contribution in [0, 0.1) is 0 Å². The monoisotopic (exact) mass is 290 g/mol. The first kappa shape index (κ1) is 13.8. The van der Waals surface area contributed by atoms with Gasteiger partial charge in [-0.25, -0.2) is 4.98 Å². The molecule has 1 saturated heterocycles. The number of rotatable bonds is 2. The van der Waals surface area contributed by atoms with Crippen LogP contribution in [-0.2, 0) is 6.54 Å². The summed E-state index contributed by atoms with van der Waals surface area (Å²) in [6, 6.07) is 10.1. The van der Waals surface area contributed by atoms with Gasteiger partial charge in [0.1, 0.15) is 5.15 Å². The second kappa shape index (κ2) is 5.32. The van der Waals surface area contributed by atoms with Crippen LogP contribution in [0.5, 0.6) is 0 Å². The van der Waals surface area contributed by atoms with E-state index in [1.165, 1.54) is 0 Å². The quantitative estimate of drug-likeness (QED) is 0.863. The van der Waals surface area contributed by atoms with Gasteiger partial charge in [-0.05, 0) is 31.9 Å². The Bertz CT molecular complexity index is 617. The Labute approximate surface area is 124 Å². The molecular formula is C16H19ClN2O. The van der Waals surface area contributed by atoms with Crippen molar-refractivity contribution in [1.29, 1.82) is 0 Å². The maximum atomic E-state index is 9.99. The second-order valence-corrected chi connectivity index (χ2v) is 6.26. The Kier molecular flexibility index (Phi) is 3.67. The maximum Gasteiger partial charge on any atom is 0.134 e. The summed E-state index contributed by atoms with van der Waals surface area (Å²) in [4.78, 5) is 6.79. The molecule has 3 rings (SSSR count). The molecule has 0 saturated carbocycles. The van der Waals surface area contributed by atoms with E-state index in [9.17, 15) is 5.11 Å². The molecule has 1 aromatic heterocycles. The molecule has 0 aliphatic carbocycles. The van der Waals surface area contributed by atoms with Gasteiger partial charge in [-0.15, -0.1) is 0 Å². The van der Waals surface area contributed by atoms with E-state index in [0.717, 1.165) is 48.9 Å². The van der Waals surface area contributed by atoms with Gasteiger partial charge in [0, 0.05) is 30.6 Å². The maximum absolute atomic E-state index is 9.99. The van der Waals surface area contributed by atoms with Crippen LogP contribution in [0.1, 0.15) is 25.3 Å². The minimum Gasteiger partial charge on any atom is -0.390 e. The van der Waals surface area contributed by atoms with E-state index in [0.29, 0.717) is 5.15 Å². The molecule has 2 aromatic rings. The number of likely N-dealkylation sites (tertiary alicyclic amines) is 1. The number of piperidine rings is 1. The zero-order valence-electron chi connectivity index (χ0n) is 11.6. The van der Waals surface area contributed by atoms with Gasteiger partial charge in [-0.1, -0.05) is 29.8 Å². The lowest BCUT2D eigenvalue weighted by atomic mass is 9.93. The van der Waals surface area contributed by atoms with Crippen molar-refractivity contribution >= 4 is 22.5 Å². The molecule has 1 aliphatic heterocycles. The highest BCUT2D eigenvalue weighted by Gasteiger charge is 2.27. The van der Waals surface area contributed by atoms with Gasteiger partial charge in [0.15, 0.2) is 0 Å². The molecule has 1 fully saturated rings. The molecule has 0 bridgehead atoms. The lowest BCUT2D eigenvalue weighted by molar-refractivity contribution is -0.00730. The number of nitrogens with zero attached hydrogens (tertiary/aromatic N) is 2. The standard InChI is InChI=1S/C16H19ClN2O/c1-16(20)6-8-19(9-7-16)11-13-10-12-4-2-3-5-14(12)18-15(13)17/h2-5,10,20H,6-9,11H2,1H3. The molecule has 4 heteroatoms. The first-order chi connectivity index (χ1) is 9.53. The number of pyridine rings is 1. The number of para-hydroxylation sites is 1. The molecule has 0 atom stereocenters. The van der Waals surface area contributed by atoms with Crippen LogP contribution in [-0.4, -0.2) is 33.7 Å². The van der Waals surface area contributed by atoms with Crippen molar-refractivity contribution < 1.29 is 5.11 Å². The van der Waals surface area contributed by atoms with Crippen LogP contribution < -0.4 is 0 Å². The van der Waals surface area contributed by atoms with E-state index in [-0.39, 0.29) is 0 Å². The Hall–Kier alpha value is -1.16. The number of hydrogen-bond acceptors (Lipinski definition) is 3. The van der Waals surface area contributed by atoms with Gasteiger partial charge in [-0.3, -0.25) is 4.90 Å². The Morgan fingerprint density at radius 1 is 1.30 bits per heavy atom. The van der Waals surface area contributed by atoms with Crippen LogP contribution >= 0.6 is 11.6 Å². The van der Waals surface area contributed by atoms with Crippen molar-refractivity contribution in [3.05, 3.63) is 41.0 Å². The average molecular weight is 291 g/mol. The number of aliphatic hydroxyl groups is 1. The predicted molar refractivity (Wildman–Crippen MR) is 81.9 cm³/mol. The van der Waals surface area contributed by atoms with E-state index in [1.807, 2.05) is 25.1 Å². The Morgan fingerprint density at radius 2 is 2.00 bits per heavy atom. The largest absolute Gasteiger partial charge is 0.390 e. The molecule has 0 radical (unpaired) electrons. The molecule has 3 nitrogen and oxygen atoms in total. The highest BCUT2D eigenvalue weighted by Crippen LogP contribution is 2.25. The summed E-state index contributed by atoms with van der Waals surface area (Å²) >= 11 is 6.29. The van der Waals surface area contributed by atoms with Gasteiger partial charge >= 0.3 is 0 Å². The van der Waals surface area contributed by atoms with E-state index >= 15 is 0 Å². The second-order valence-electron chi connectivity index (χ2n) is 5.90. The first-order valence-corrected chi connectivity index (χ1v) is 7.40. The number of benzene rings is 1. The van der Waals surface area contributed by atoms with Crippen LogP contribution in [0.4, 0.5) is 0 Å². The van der Waals surface area contributed by atoms with Gasteiger partial charge in [0.25, 0.3) is 0 Å². The first-order valence-electron chi connectivity index (χ1n) is 7.02. The summed E-state index contributed by atoms with van der Waals surface area (Å²) in [5.41, 5.74) is 1.48. The molecule has 0 unspecified atom stereocenters. The number of halogens is 1. The van der Waals surface area contributed by atoms with Crippen molar-refractivity contribution in [2.45, 2.75) is 31.9 Å². The normalized spacial score (nSPS) is 19.4. The highest BCUT2D eigenvalue weighted by atomic mass is 35.5. The SMILES string of the molecule is CC1(O)CCN(Cc2cc3ccccc3nc2Cl)CC1. The van der Waals surface area contributed by atoms with Crippen molar-refractivity contribution in [3.8, 4) is 0 Å². The van der Waals surface area contributed by atoms with Crippen LogP contribution in [0.15, 0.2) is 30.3 Å². The smallest absolute Gasteiger partial charge is 0.134 e. The van der Waals surface area contributed by atoms with E-state index in [1.54, 1.807) is 0 Å². The summed E-state index contributed by atoms with van der Waals surface area (Å²) in [6.45, 7) is 4.51. The zero-order chi connectivity index (χ0) is 14.2. The van der Waals surface area contributed by atoms with Crippen molar-refractivity contribution in [3.63, 3.8) is 0 Å². The summed E-state index contributed by atoms with van der Waals surface area (Å²) in [6.07, 6.45) is 1.62. The molecule has 2 heterocycles. The fourth-order valence-electron chi connectivity index (χ4n) is 2.68. The third-order valence-electron chi connectivity index (χ3n) is 4.08. The van der Waals surface area contributed by atoms with E-state index < -0.39 is 5.60 Å². The molecule has 1 aromatic carbocycles. The minimum atomic E-state index is -0.512. The van der Waals surface area contributed by atoms with Gasteiger partial charge in [0.05, 0.1) is 11.1 Å². The van der Waals surface area contributed by atoms with Crippen molar-refractivity contribution in [2.24, 2.45) is 0 Å². The molecule has 1 N–H and O–H groups in total. The minimum absolute atomic E-state index is 0.512. The fourth-order valence-corrected chi connectivity index (χ4v) is 2.89.